The van der Waals surface area contributed by atoms with E-state index in [9.17, 15) is 0 Å². The highest BCUT2D eigenvalue weighted by molar-refractivity contribution is 9.10. The molecule has 0 aromatic heterocycles. The zero-order valence-corrected chi connectivity index (χ0v) is 11.3. The zero-order valence-electron chi connectivity index (χ0n) is 9.74. The predicted octanol–water partition coefficient (Wildman–Crippen LogP) is 3.13. The summed E-state index contributed by atoms with van der Waals surface area (Å²) in [4.78, 5) is 0. The molecule has 1 aromatic rings. The molecule has 88 valence electrons. The molecular weight excluding hydrogens is 266 g/mol. The van der Waals surface area contributed by atoms with Crippen LogP contribution in [0.5, 0.6) is 0 Å². The van der Waals surface area contributed by atoms with Crippen molar-refractivity contribution in [2.24, 2.45) is 5.92 Å². The lowest BCUT2D eigenvalue weighted by atomic mass is 10.0. The smallest absolute Gasteiger partial charge is 0.0964 e. The van der Waals surface area contributed by atoms with Crippen molar-refractivity contribution in [1.82, 2.24) is 5.32 Å². The minimum Gasteiger partial charge on any atom is -0.367 e. The first-order valence-corrected chi connectivity index (χ1v) is 6.58. The first-order valence-electron chi connectivity index (χ1n) is 5.79. The Labute approximate surface area is 106 Å². The van der Waals surface area contributed by atoms with E-state index in [1.165, 1.54) is 5.56 Å². The summed E-state index contributed by atoms with van der Waals surface area (Å²) in [6.45, 7) is 6.26. The standard InChI is InChI=1S/C13H18BrNO/c1-9(2)12-7-15-8-13(16-12)10-5-3-4-6-11(10)14/h3-6,9,12-13,15H,7-8H2,1-2H3. The van der Waals surface area contributed by atoms with Gasteiger partial charge >= 0.3 is 0 Å². The van der Waals surface area contributed by atoms with E-state index in [1.807, 2.05) is 6.07 Å². The maximum Gasteiger partial charge on any atom is 0.0964 e. The molecule has 2 rings (SSSR count). The van der Waals surface area contributed by atoms with Crippen LogP contribution in [-0.4, -0.2) is 19.2 Å². The van der Waals surface area contributed by atoms with Crippen molar-refractivity contribution in [3.63, 3.8) is 0 Å². The molecule has 2 atom stereocenters. The van der Waals surface area contributed by atoms with Crippen LogP contribution in [0.4, 0.5) is 0 Å². The van der Waals surface area contributed by atoms with Crippen molar-refractivity contribution >= 4 is 15.9 Å². The van der Waals surface area contributed by atoms with Crippen LogP contribution >= 0.6 is 15.9 Å². The van der Waals surface area contributed by atoms with Gasteiger partial charge in [0.1, 0.15) is 0 Å². The van der Waals surface area contributed by atoms with Gasteiger partial charge in [-0.3, -0.25) is 0 Å². The van der Waals surface area contributed by atoms with E-state index in [0.29, 0.717) is 12.0 Å². The lowest BCUT2D eigenvalue weighted by Gasteiger charge is -2.33. The first-order chi connectivity index (χ1) is 7.68. The molecule has 0 bridgehead atoms. The summed E-state index contributed by atoms with van der Waals surface area (Å²) in [5.41, 5.74) is 1.24. The monoisotopic (exact) mass is 283 g/mol. The number of halogens is 1. The molecule has 0 spiro atoms. The van der Waals surface area contributed by atoms with Crippen molar-refractivity contribution in [2.45, 2.75) is 26.1 Å². The van der Waals surface area contributed by atoms with E-state index in [2.05, 4.69) is 53.3 Å². The van der Waals surface area contributed by atoms with Gasteiger partial charge in [0.2, 0.25) is 0 Å². The van der Waals surface area contributed by atoms with Gasteiger partial charge in [0, 0.05) is 17.6 Å². The van der Waals surface area contributed by atoms with Crippen molar-refractivity contribution < 1.29 is 4.74 Å². The van der Waals surface area contributed by atoms with Gasteiger partial charge in [0.15, 0.2) is 0 Å². The largest absolute Gasteiger partial charge is 0.367 e. The molecule has 16 heavy (non-hydrogen) atoms. The lowest BCUT2D eigenvalue weighted by molar-refractivity contribution is -0.0606. The fourth-order valence-electron chi connectivity index (χ4n) is 1.98. The van der Waals surface area contributed by atoms with Gasteiger partial charge in [0.25, 0.3) is 0 Å². The SMILES string of the molecule is CC(C)C1CNCC(c2ccccc2Br)O1. The molecule has 1 aliphatic heterocycles. The Morgan fingerprint density at radius 2 is 2.06 bits per heavy atom. The van der Waals surface area contributed by atoms with Gasteiger partial charge in [-0.1, -0.05) is 48.0 Å². The second-order valence-electron chi connectivity index (χ2n) is 4.59. The molecular formula is C13H18BrNO. The molecule has 1 fully saturated rings. The number of nitrogens with one attached hydrogen (secondary N) is 1. The van der Waals surface area contributed by atoms with E-state index in [4.69, 9.17) is 4.74 Å². The fraction of sp³-hybridized carbons (Fsp3) is 0.538. The maximum atomic E-state index is 6.12. The minimum absolute atomic E-state index is 0.164. The second-order valence-corrected chi connectivity index (χ2v) is 5.44. The number of hydrogen-bond acceptors (Lipinski definition) is 2. The topological polar surface area (TPSA) is 21.3 Å². The molecule has 3 heteroatoms. The predicted molar refractivity (Wildman–Crippen MR) is 69.5 cm³/mol. The Morgan fingerprint density at radius 1 is 1.31 bits per heavy atom. The number of benzene rings is 1. The van der Waals surface area contributed by atoms with Gasteiger partial charge in [0.05, 0.1) is 12.2 Å². The summed E-state index contributed by atoms with van der Waals surface area (Å²) in [5, 5.41) is 3.45. The molecule has 1 aliphatic rings. The van der Waals surface area contributed by atoms with E-state index in [1.54, 1.807) is 0 Å². The highest BCUT2D eigenvalue weighted by atomic mass is 79.9. The van der Waals surface area contributed by atoms with Crippen LogP contribution in [-0.2, 0) is 4.74 Å². The Morgan fingerprint density at radius 3 is 2.75 bits per heavy atom. The summed E-state index contributed by atoms with van der Waals surface area (Å²) >= 11 is 3.58. The molecule has 2 nitrogen and oxygen atoms in total. The summed E-state index contributed by atoms with van der Waals surface area (Å²) in [6.07, 6.45) is 0.475. The summed E-state index contributed by atoms with van der Waals surface area (Å²) in [5.74, 6) is 0.554. The van der Waals surface area contributed by atoms with Gasteiger partial charge in [-0.15, -0.1) is 0 Å². The highest BCUT2D eigenvalue weighted by Crippen LogP contribution is 2.29. The van der Waals surface area contributed by atoms with Crippen molar-refractivity contribution in [1.29, 1.82) is 0 Å². The number of morpholine rings is 1. The lowest BCUT2D eigenvalue weighted by Crippen LogP contribution is -2.43. The third kappa shape index (κ3) is 2.65. The summed E-state index contributed by atoms with van der Waals surface area (Å²) in [6, 6.07) is 8.28. The number of hydrogen-bond donors (Lipinski definition) is 1. The number of ether oxygens (including phenoxy) is 1. The fourth-order valence-corrected chi connectivity index (χ4v) is 2.52. The molecule has 0 saturated carbocycles. The molecule has 2 unspecified atom stereocenters. The number of rotatable bonds is 2. The average molecular weight is 284 g/mol. The van der Waals surface area contributed by atoms with E-state index in [0.717, 1.165) is 17.6 Å². The summed E-state index contributed by atoms with van der Waals surface area (Å²) in [7, 11) is 0. The van der Waals surface area contributed by atoms with Crippen LogP contribution in [0.15, 0.2) is 28.7 Å². The van der Waals surface area contributed by atoms with Crippen molar-refractivity contribution in [2.75, 3.05) is 13.1 Å². The third-order valence-corrected chi connectivity index (χ3v) is 3.73. The molecule has 0 radical (unpaired) electrons. The first kappa shape index (κ1) is 12.1. The van der Waals surface area contributed by atoms with E-state index < -0.39 is 0 Å². The van der Waals surface area contributed by atoms with E-state index >= 15 is 0 Å². The Kier molecular flexibility index (Phi) is 4.00. The molecule has 1 aromatic carbocycles. The van der Waals surface area contributed by atoms with E-state index in [-0.39, 0.29) is 6.10 Å². The van der Waals surface area contributed by atoms with Crippen LogP contribution in [0.25, 0.3) is 0 Å². The van der Waals surface area contributed by atoms with Crippen LogP contribution in [0.3, 0.4) is 0 Å². The van der Waals surface area contributed by atoms with Gasteiger partial charge < -0.3 is 10.1 Å². The van der Waals surface area contributed by atoms with Crippen LogP contribution in [0.1, 0.15) is 25.5 Å². The van der Waals surface area contributed by atoms with Crippen molar-refractivity contribution in [3.05, 3.63) is 34.3 Å². The maximum absolute atomic E-state index is 6.12. The third-order valence-electron chi connectivity index (χ3n) is 3.01. The Bertz CT molecular complexity index is 354. The second kappa shape index (κ2) is 5.30. The minimum atomic E-state index is 0.164. The van der Waals surface area contributed by atoms with Gasteiger partial charge in [-0.2, -0.15) is 0 Å². The van der Waals surface area contributed by atoms with Gasteiger partial charge in [-0.25, -0.2) is 0 Å². The zero-order chi connectivity index (χ0) is 11.5. The van der Waals surface area contributed by atoms with Crippen molar-refractivity contribution in [3.8, 4) is 0 Å². The molecule has 1 saturated heterocycles. The molecule has 1 heterocycles. The van der Waals surface area contributed by atoms with Crippen LogP contribution in [0.2, 0.25) is 0 Å². The normalized spacial score (nSPS) is 26.0. The Hall–Kier alpha value is -0.380. The molecule has 1 N–H and O–H groups in total. The van der Waals surface area contributed by atoms with Gasteiger partial charge in [-0.05, 0) is 17.5 Å². The van der Waals surface area contributed by atoms with Crippen LogP contribution < -0.4 is 5.32 Å². The highest BCUT2D eigenvalue weighted by Gasteiger charge is 2.26. The quantitative estimate of drug-likeness (QED) is 0.901. The summed E-state index contributed by atoms with van der Waals surface area (Å²) < 4.78 is 7.25. The molecule has 0 amide bonds. The molecule has 0 aliphatic carbocycles. The average Bonchev–Trinajstić information content (AvgIpc) is 2.30. The Balaban J connectivity index is 2.13. The van der Waals surface area contributed by atoms with Crippen LogP contribution in [0, 0.1) is 5.92 Å².